The second-order valence-corrected chi connectivity index (χ2v) is 14.5. The van der Waals surface area contributed by atoms with Crippen molar-refractivity contribution >= 4 is 56.0 Å². The van der Waals surface area contributed by atoms with Crippen LogP contribution in [0.2, 0.25) is 0 Å². The predicted octanol–water partition coefficient (Wildman–Crippen LogP) is 9.84. The molecular formula is C31H32BrN2OP. The normalized spacial score (nSPS) is 13.6. The number of hydrogen-bond acceptors (Lipinski definition) is 2. The van der Waals surface area contributed by atoms with Crippen LogP contribution in [0.3, 0.4) is 0 Å². The van der Waals surface area contributed by atoms with Crippen LogP contribution < -0.4 is 9.83 Å². The number of rotatable bonds is 5. The van der Waals surface area contributed by atoms with E-state index in [1.807, 2.05) is 24.3 Å². The molecule has 5 heteroatoms. The first-order valence-electron chi connectivity index (χ1n) is 12.4. The third-order valence-electron chi connectivity index (χ3n) is 6.66. The van der Waals surface area contributed by atoms with Crippen molar-refractivity contribution in [3.05, 3.63) is 101 Å². The Kier molecular flexibility index (Phi) is 6.61. The summed E-state index contributed by atoms with van der Waals surface area (Å²) in [6.45, 7) is 12.0. The molecule has 0 aliphatic rings. The van der Waals surface area contributed by atoms with E-state index in [-0.39, 0.29) is 5.16 Å². The molecule has 1 heterocycles. The van der Waals surface area contributed by atoms with Crippen LogP contribution in [0.25, 0.3) is 21.8 Å². The summed E-state index contributed by atoms with van der Waals surface area (Å²) in [7, 11) is -2.60. The highest BCUT2D eigenvalue weighted by Crippen LogP contribution is 2.62. The van der Waals surface area contributed by atoms with Crippen molar-refractivity contribution in [3.8, 4) is 5.75 Å². The summed E-state index contributed by atoms with van der Waals surface area (Å²) in [6, 6.07) is 32.0. The maximum Gasteiger partial charge on any atom is 0.173 e. The van der Waals surface area contributed by atoms with Crippen molar-refractivity contribution in [3.63, 3.8) is 0 Å². The first-order valence-corrected chi connectivity index (χ1v) is 14.8. The molecule has 0 unspecified atom stereocenters. The van der Waals surface area contributed by atoms with Gasteiger partial charge in [-0.15, -0.1) is 0 Å². The van der Waals surface area contributed by atoms with Crippen LogP contribution in [-0.4, -0.2) is 9.72 Å². The Hall–Kier alpha value is -2.81. The number of nitrogens with zero attached hydrogens (tertiary/aromatic N) is 2. The quantitative estimate of drug-likeness (QED) is 0.197. The van der Waals surface area contributed by atoms with Gasteiger partial charge < -0.3 is 9.09 Å². The van der Waals surface area contributed by atoms with E-state index in [4.69, 9.17) is 9.27 Å². The van der Waals surface area contributed by atoms with Gasteiger partial charge in [0.05, 0.1) is 5.69 Å². The highest BCUT2D eigenvalue weighted by molar-refractivity contribution is 9.10. The number of hydrogen-bond donors (Lipinski definition) is 0. The first-order chi connectivity index (χ1) is 17.2. The highest BCUT2D eigenvalue weighted by Gasteiger charge is 2.39. The molecule has 1 aromatic heterocycles. The minimum absolute atomic E-state index is 0.253. The number of halogens is 1. The average molecular weight is 559 g/mol. The van der Waals surface area contributed by atoms with E-state index in [9.17, 15) is 0 Å². The summed E-state index contributed by atoms with van der Waals surface area (Å²) >= 11 is 3.62. The molecule has 0 saturated heterocycles. The molecule has 3 nitrogen and oxygen atoms in total. The molecule has 0 N–H and O–H groups in total. The molecule has 1 atom stereocenters. The Morgan fingerprint density at radius 2 is 1.56 bits per heavy atom. The van der Waals surface area contributed by atoms with E-state index >= 15 is 0 Å². The van der Waals surface area contributed by atoms with Gasteiger partial charge in [0.1, 0.15) is 5.75 Å². The lowest BCUT2D eigenvalue weighted by Gasteiger charge is -2.37. The van der Waals surface area contributed by atoms with Crippen LogP contribution in [-0.2, 0) is 6.54 Å². The van der Waals surface area contributed by atoms with Gasteiger partial charge in [0.25, 0.3) is 0 Å². The molecule has 5 aromatic rings. The Labute approximate surface area is 222 Å². The van der Waals surface area contributed by atoms with Crippen molar-refractivity contribution in [1.82, 2.24) is 4.57 Å². The summed E-state index contributed by atoms with van der Waals surface area (Å²) in [6.07, 6.45) is 0. The lowest BCUT2D eigenvalue weighted by molar-refractivity contribution is 0.571. The SMILES string of the molecule is CCn1c2ccccc2c2cc([P@](=Nc3ccc(C)cc3)(Oc3cccc(Br)c3)C(C)(C)C)ccc21. The van der Waals surface area contributed by atoms with Crippen LogP contribution >= 0.6 is 23.2 Å². The summed E-state index contributed by atoms with van der Waals surface area (Å²) in [5.74, 6) is 0.819. The number of benzene rings is 4. The van der Waals surface area contributed by atoms with Crippen molar-refractivity contribution in [1.29, 1.82) is 0 Å². The molecule has 0 aliphatic carbocycles. The minimum Gasteiger partial charge on any atom is -0.455 e. The molecule has 36 heavy (non-hydrogen) atoms. The fourth-order valence-electron chi connectivity index (χ4n) is 4.83. The number of aromatic nitrogens is 1. The first kappa shape index (κ1) is 24.9. The minimum atomic E-state index is -2.60. The third kappa shape index (κ3) is 4.42. The van der Waals surface area contributed by atoms with Crippen molar-refractivity contribution in [2.24, 2.45) is 4.74 Å². The maximum atomic E-state index is 7.07. The topological polar surface area (TPSA) is 26.5 Å². The van der Waals surface area contributed by atoms with Gasteiger partial charge in [-0.25, -0.2) is 4.74 Å². The number of aryl methyl sites for hydroxylation is 2. The van der Waals surface area contributed by atoms with E-state index in [0.717, 1.165) is 27.8 Å². The lowest BCUT2D eigenvalue weighted by Crippen LogP contribution is -2.27. The van der Waals surface area contributed by atoms with Crippen molar-refractivity contribution in [2.75, 3.05) is 0 Å². The molecule has 0 bridgehead atoms. The maximum absolute atomic E-state index is 7.07. The summed E-state index contributed by atoms with van der Waals surface area (Å²) in [5, 5.41) is 3.40. The van der Waals surface area contributed by atoms with E-state index in [1.54, 1.807) is 0 Å². The molecule has 0 spiro atoms. The Morgan fingerprint density at radius 3 is 2.25 bits per heavy atom. The Balaban J connectivity index is 1.84. The largest absolute Gasteiger partial charge is 0.455 e. The summed E-state index contributed by atoms with van der Waals surface area (Å²) in [5.41, 5.74) is 4.66. The van der Waals surface area contributed by atoms with Crippen LogP contribution in [0, 0.1) is 6.92 Å². The lowest BCUT2D eigenvalue weighted by atomic mass is 10.1. The molecule has 0 aliphatic heterocycles. The van der Waals surface area contributed by atoms with Crippen LogP contribution in [0.15, 0.2) is 100 Å². The van der Waals surface area contributed by atoms with Crippen LogP contribution in [0.1, 0.15) is 33.3 Å². The molecule has 184 valence electrons. The molecule has 0 fully saturated rings. The van der Waals surface area contributed by atoms with E-state index in [2.05, 4.69) is 122 Å². The Morgan fingerprint density at radius 1 is 0.833 bits per heavy atom. The average Bonchev–Trinajstić information content (AvgIpc) is 3.17. The van der Waals surface area contributed by atoms with E-state index in [1.165, 1.54) is 27.4 Å². The highest BCUT2D eigenvalue weighted by atomic mass is 79.9. The zero-order valence-electron chi connectivity index (χ0n) is 21.5. The zero-order chi connectivity index (χ0) is 25.5. The third-order valence-corrected chi connectivity index (χ3v) is 10.9. The molecule has 4 aromatic carbocycles. The summed E-state index contributed by atoms with van der Waals surface area (Å²) in [4.78, 5) is 0. The van der Waals surface area contributed by atoms with Crippen molar-refractivity contribution < 1.29 is 4.52 Å². The van der Waals surface area contributed by atoms with Gasteiger partial charge in [0.2, 0.25) is 0 Å². The molecule has 5 rings (SSSR count). The predicted molar refractivity (Wildman–Crippen MR) is 159 cm³/mol. The van der Waals surface area contributed by atoms with Crippen LogP contribution in [0.5, 0.6) is 5.75 Å². The number of fused-ring (bicyclic) bond motifs is 3. The van der Waals surface area contributed by atoms with Gasteiger partial charge >= 0.3 is 0 Å². The molecule has 0 saturated carbocycles. The second-order valence-electron chi connectivity index (χ2n) is 10.2. The smallest absolute Gasteiger partial charge is 0.173 e. The van der Waals surface area contributed by atoms with Gasteiger partial charge in [0.15, 0.2) is 7.28 Å². The molecular weight excluding hydrogens is 527 g/mol. The van der Waals surface area contributed by atoms with Gasteiger partial charge in [-0.2, -0.15) is 0 Å². The summed E-state index contributed by atoms with van der Waals surface area (Å²) < 4.78 is 15.9. The number of para-hydroxylation sites is 1. The molecule has 0 amide bonds. The van der Waals surface area contributed by atoms with Crippen molar-refractivity contribution in [2.45, 2.75) is 46.3 Å². The second kappa shape index (κ2) is 9.57. The van der Waals surface area contributed by atoms with E-state index in [0.29, 0.717) is 0 Å². The van der Waals surface area contributed by atoms with Gasteiger partial charge in [0, 0.05) is 43.3 Å². The zero-order valence-corrected chi connectivity index (χ0v) is 24.0. The van der Waals surface area contributed by atoms with Gasteiger partial charge in [-0.05, 0) is 68.4 Å². The van der Waals surface area contributed by atoms with Gasteiger partial charge in [-0.1, -0.05) is 78.7 Å². The van der Waals surface area contributed by atoms with E-state index < -0.39 is 7.28 Å². The fraction of sp³-hybridized carbons (Fsp3) is 0.226. The standard InChI is InChI=1S/C31H32BrN2OP/c1-6-34-29-13-8-7-12-27(29)28-21-26(18-19-30(28)34)36(31(3,4)5,33-24-16-14-22(2)15-17-24)35-25-11-9-10-23(32)20-25/h7-21H,6H2,1-5H3/t36-/m0/s1. The van der Waals surface area contributed by atoms with Crippen LogP contribution in [0.4, 0.5) is 5.69 Å². The fourth-order valence-corrected chi connectivity index (χ4v) is 8.27. The molecule has 0 radical (unpaired) electrons. The Bertz CT molecular complexity index is 1610. The monoisotopic (exact) mass is 558 g/mol. The van der Waals surface area contributed by atoms with Gasteiger partial charge in [-0.3, -0.25) is 0 Å².